The molecule has 0 aliphatic carbocycles. The molecule has 1 heterocycles. The zero-order chi connectivity index (χ0) is 18.2. The van der Waals surface area contributed by atoms with Crippen LogP contribution in [-0.2, 0) is 19.0 Å². The molecule has 1 rings (SSSR count). The number of allylic oxidation sites excluding steroid dienone is 3. The minimum Gasteiger partial charge on any atom is -0.466 e. The SMILES string of the molecule is COC(=O)/C=C/CCCC(O)C#C/C=C\C#CCOC1CCCCO1. The first kappa shape index (κ1) is 21.0. The number of ether oxygens (including phenoxy) is 3. The molecule has 0 aromatic heterocycles. The average molecular weight is 346 g/mol. The molecule has 5 nitrogen and oxygen atoms in total. The van der Waals surface area contributed by atoms with E-state index >= 15 is 0 Å². The smallest absolute Gasteiger partial charge is 0.330 e. The van der Waals surface area contributed by atoms with Crippen molar-refractivity contribution in [2.45, 2.75) is 50.9 Å². The highest BCUT2D eigenvalue weighted by Gasteiger charge is 2.12. The molecule has 0 aromatic rings. The second-order valence-electron chi connectivity index (χ2n) is 5.42. The number of unbranched alkanes of at least 4 members (excludes halogenated alkanes) is 1. The molecule has 2 unspecified atom stereocenters. The Morgan fingerprint density at radius 3 is 2.96 bits per heavy atom. The summed E-state index contributed by atoms with van der Waals surface area (Å²) in [6.07, 6.45) is 10.7. The van der Waals surface area contributed by atoms with Crippen molar-refractivity contribution in [1.82, 2.24) is 0 Å². The molecular formula is C20H26O5. The van der Waals surface area contributed by atoms with Crippen LogP contribution in [0.25, 0.3) is 0 Å². The van der Waals surface area contributed by atoms with Gasteiger partial charge in [-0.05, 0) is 50.7 Å². The van der Waals surface area contributed by atoms with E-state index in [-0.39, 0.29) is 12.3 Å². The van der Waals surface area contributed by atoms with Crippen LogP contribution in [0, 0.1) is 23.7 Å². The standard InChI is InChI=1S/C20H26O5/c1-23-19(22)14-8-5-7-13-18(21)12-6-3-2-4-10-16-24-20-15-9-11-17-25-20/h2-3,8,14,18,20-21H,5,7,9,11,13,15-17H2,1H3/b3-2-,14-8+. The Morgan fingerprint density at radius 1 is 1.36 bits per heavy atom. The van der Waals surface area contributed by atoms with Crippen LogP contribution in [0.4, 0.5) is 0 Å². The molecule has 1 fully saturated rings. The van der Waals surface area contributed by atoms with E-state index < -0.39 is 6.10 Å². The van der Waals surface area contributed by atoms with Crippen LogP contribution in [0.3, 0.4) is 0 Å². The van der Waals surface area contributed by atoms with Crippen molar-refractivity contribution in [1.29, 1.82) is 0 Å². The van der Waals surface area contributed by atoms with Crippen molar-refractivity contribution in [2.24, 2.45) is 0 Å². The Kier molecular flexibility index (Phi) is 12.0. The maximum Gasteiger partial charge on any atom is 0.330 e. The van der Waals surface area contributed by atoms with Gasteiger partial charge in [-0.1, -0.05) is 29.8 Å². The Balaban J connectivity index is 2.09. The lowest BCUT2D eigenvalue weighted by Gasteiger charge is -2.21. The summed E-state index contributed by atoms with van der Waals surface area (Å²) >= 11 is 0. The number of hydrogen-bond donors (Lipinski definition) is 1. The first-order chi connectivity index (χ1) is 12.2. The van der Waals surface area contributed by atoms with Crippen molar-refractivity contribution < 1.29 is 24.1 Å². The van der Waals surface area contributed by atoms with Crippen molar-refractivity contribution in [3.63, 3.8) is 0 Å². The lowest BCUT2D eigenvalue weighted by atomic mass is 10.1. The fraction of sp³-hybridized carbons (Fsp3) is 0.550. The molecule has 0 saturated carbocycles. The number of methoxy groups -OCH3 is 1. The maximum atomic E-state index is 10.8. The van der Waals surface area contributed by atoms with Gasteiger partial charge in [0, 0.05) is 12.7 Å². The van der Waals surface area contributed by atoms with Gasteiger partial charge in [-0.2, -0.15) is 0 Å². The third kappa shape index (κ3) is 12.0. The number of aliphatic hydroxyl groups is 1. The molecule has 136 valence electrons. The molecule has 0 spiro atoms. The predicted molar refractivity (Wildman–Crippen MR) is 95.2 cm³/mol. The Morgan fingerprint density at radius 2 is 2.20 bits per heavy atom. The zero-order valence-electron chi connectivity index (χ0n) is 14.7. The third-order valence-electron chi connectivity index (χ3n) is 3.38. The van der Waals surface area contributed by atoms with Crippen LogP contribution >= 0.6 is 0 Å². The lowest BCUT2D eigenvalue weighted by molar-refractivity contribution is -0.154. The quantitative estimate of drug-likeness (QED) is 0.332. The molecule has 1 aliphatic heterocycles. The average Bonchev–Trinajstić information content (AvgIpc) is 2.64. The van der Waals surface area contributed by atoms with Gasteiger partial charge in [-0.15, -0.1) is 0 Å². The molecule has 2 atom stereocenters. The maximum absolute atomic E-state index is 10.8. The molecule has 0 aromatic carbocycles. The number of esters is 1. The third-order valence-corrected chi connectivity index (χ3v) is 3.38. The largest absolute Gasteiger partial charge is 0.466 e. The second kappa shape index (κ2) is 14.3. The molecule has 0 radical (unpaired) electrons. The number of aliphatic hydroxyl groups excluding tert-OH is 1. The number of carbonyl (C=O) groups excluding carboxylic acids is 1. The van der Waals surface area contributed by atoms with Crippen molar-refractivity contribution in [2.75, 3.05) is 20.3 Å². The molecule has 25 heavy (non-hydrogen) atoms. The minimum absolute atomic E-state index is 0.121. The summed E-state index contributed by atoms with van der Waals surface area (Å²) in [5.74, 6) is 10.8. The van der Waals surface area contributed by atoms with Crippen LogP contribution < -0.4 is 0 Å². The normalized spacial score (nSPS) is 18.2. The van der Waals surface area contributed by atoms with E-state index in [1.165, 1.54) is 13.2 Å². The summed E-state index contributed by atoms with van der Waals surface area (Å²) in [5, 5.41) is 9.70. The lowest BCUT2D eigenvalue weighted by Crippen LogP contribution is -2.22. The number of hydrogen-bond acceptors (Lipinski definition) is 5. The highest BCUT2D eigenvalue weighted by molar-refractivity contribution is 5.81. The molecule has 5 heteroatoms. The van der Waals surface area contributed by atoms with Crippen molar-refractivity contribution in [3.05, 3.63) is 24.3 Å². The summed E-state index contributed by atoms with van der Waals surface area (Å²) < 4.78 is 15.4. The second-order valence-corrected chi connectivity index (χ2v) is 5.42. The summed E-state index contributed by atoms with van der Waals surface area (Å²) in [5.41, 5.74) is 0. The van der Waals surface area contributed by atoms with Gasteiger partial charge in [0.15, 0.2) is 6.29 Å². The van der Waals surface area contributed by atoms with Crippen molar-refractivity contribution in [3.8, 4) is 23.7 Å². The van der Waals surface area contributed by atoms with E-state index in [0.29, 0.717) is 19.4 Å². The van der Waals surface area contributed by atoms with E-state index in [2.05, 4.69) is 28.4 Å². The number of rotatable bonds is 7. The summed E-state index contributed by atoms with van der Waals surface area (Å²) in [6.45, 7) is 1.10. The van der Waals surface area contributed by atoms with E-state index in [1.54, 1.807) is 18.2 Å². The molecule has 1 saturated heterocycles. The van der Waals surface area contributed by atoms with E-state index in [0.717, 1.165) is 32.3 Å². The van der Waals surface area contributed by atoms with Crippen molar-refractivity contribution >= 4 is 5.97 Å². The van der Waals surface area contributed by atoms with E-state index in [1.807, 2.05) is 0 Å². The fourth-order valence-corrected chi connectivity index (χ4v) is 2.05. The topological polar surface area (TPSA) is 65.0 Å². The van der Waals surface area contributed by atoms with Gasteiger partial charge in [0.05, 0.1) is 7.11 Å². The van der Waals surface area contributed by atoms with Crippen LogP contribution in [0.5, 0.6) is 0 Å². The van der Waals surface area contributed by atoms with Crippen LogP contribution in [0.1, 0.15) is 38.5 Å². The van der Waals surface area contributed by atoms with Gasteiger partial charge in [-0.3, -0.25) is 0 Å². The van der Waals surface area contributed by atoms with E-state index in [9.17, 15) is 9.90 Å². The molecular weight excluding hydrogens is 320 g/mol. The molecule has 1 aliphatic rings. The summed E-state index contributed by atoms with van der Waals surface area (Å²) in [4.78, 5) is 10.8. The Hall–Kier alpha value is -2.05. The summed E-state index contributed by atoms with van der Waals surface area (Å²) in [7, 11) is 1.34. The van der Waals surface area contributed by atoms with Gasteiger partial charge in [0.2, 0.25) is 0 Å². The Labute approximate surface area is 150 Å². The summed E-state index contributed by atoms with van der Waals surface area (Å²) in [6, 6.07) is 0. The first-order valence-corrected chi connectivity index (χ1v) is 8.52. The monoisotopic (exact) mass is 346 g/mol. The van der Waals surface area contributed by atoms with E-state index in [4.69, 9.17) is 9.47 Å². The first-order valence-electron chi connectivity index (χ1n) is 8.52. The highest BCUT2D eigenvalue weighted by atomic mass is 16.7. The van der Waals surface area contributed by atoms with Gasteiger partial charge >= 0.3 is 5.97 Å². The van der Waals surface area contributed by atoms with Crippen LogP contribution in [0.15, 0.2) is 24.3 Å². The number of carbonyl (C=O) groups is 1. The predicted octanol–water partition coefficient (Wildman–Crippen LogP) is 2.35. The van der Waals surface area contributed by atoms with Crippen LogP contribution in [0.2, 0.25) is 0 Å². The zero-order valence-corrected chi connectivity index (χ0v) is 14.7. The Bertz CT molecular complexity index is 550. The van der Waals surface area contributed by atoms with Crippen LogP contribution in [-0.4, -0.2) is 43.8 Å². The minimum atomic E-state index is -0.684. The molecule has 0 bridgehead atoms. The highest BCUT2D eigenvalue weighted by Crippen LogP contribution is 2.12. The van der Waals surface area contributed by atoms with Gasteiger partial charge in [0.25, 0.3) is 0 Å². The van der Waals surface area contributed by atoms with Gasteiger partial charge < -0.3 is 19.3 Å². The van der Waals surface area contributed by atoms with Gasteiger partial charge in [0.1, 0.15) is 12.7 Å². The fourth-order valence-electron chi connectivity index (χ4n) is 2.05. The molecule has 0 amide bonds. The van der Waals surface area contributed by atoms with Gasteiger partial charge in [-0.25, -0.2) is 4.79 Å². The molecule has 1 N–H and O–H groups in total.